The first-order valence-electron chi connectivity index (χ1n) is 7.38. The number of hydrogen-bond acceptors (Lipinski definition) is 3. The average molecular weight is 304 g/mol. The number of rotatable bonds is 7. The third kappa shape index (κ3) is 3.98. The topological polar surface area (TPSA) is 38.7 Å². The summed E-state index contributed by atoms with van der Waals surface area (Å²) in [6.07, 6.45) is 0.930. The summed E-state index contributed by atoms with van der Waals surface area (Å²) in [6, 6.07) is 11.6. The van der Waals surface area contributed by atoms with Crippen LogP contribution in [0.1, 0.15) is 37.0 Å². The fraction of sp³-hybridized carbons (Fsp3) is 0.333. The molecule has 0 amide bonds. The number of ether oxygens (including phenoxy) is 2. The van der Waals surface area contributed by atoms with E-state index in [1.54, 1.807) is 25.3 Å². The van der Waals surface area contributed by atoms with Gasteiger partial charge in [-0.1, -0.05) is 37.6 Å². The average Bonchev–Trinajstić information content (AvgIpc) is 2.54. The molecule has 0 saturated heterocycles. The SMILES string of the molecule is CCCC(O)c1cccc(OC)c1OCc1ccc(F)cc1. The second-order valence-corrected chi connectivity index (χ2v) is 5.10. The van der Waals surface area contributed by atoms with E-state index in [0.717, 1.165) is 12.0 Å². The van der Waals surface area contributed by atoms with Gasteiger partial charge in [0.1, 0.15) is 12.4 Å². The Morgan fingerprint density at radius 3 is 2.50 bits per heavy atom. The molecule has 118 valence electrons. The molecule has 1 atom stereocenters. The van der Waals surface area contributed by atoms with Gasteiger partial charge in [-0.15, -0.1) is 0 Å². The molecule has 1 unspecified atom stereocenters. The van der Waals surface area contributed by atoms with E-state index in [4.69, 9.17) is 9.47 Å². The Balaban J connectivity index is 2.21. The number of methoxy groups -OCH3 is 1. The van der Waals surface area contributed by atoms with Crippen LogP contribution in [0, 0.1) is 5.82 Å². The van der Waals surface area contributed by atoms with Crippen molar-refractivity contribution >= 4 is 0 Å². The minimum atomic E-state index is -0.594. The largest absolute Gasteiger partial charge is 0.493 e. The van der Waals surface area contributed by atoms with Crippen LogP contribution in [0.3, 0.4) is 0 Å². The van der Waals surface area contributed by atoms with Crippen molar-refractivity contribution in [3.8, 4) is 11.5 Å². The van der Waals surface area contributed by atoms with E-state index in [0.29, 0.717) is 23.5 Å². The molecule has 4 heteroatoms. The summed E-state index contributed by atoms with van der Waals surface area (Å²) < 4.78 is 24.1. The fourth-order valence-electron chi connectivity index (χ4n) is 2.28. The second-order valence-electron chi connectivity index (χ2n) is 5.10. The van der Waals surface area contributed by atoms with E-state index in [-0.39, 0.29) is 12.4 Å². The van der Waals surface area contributed by atoms with Crippen molar-refractivity contribution in [1.29, 1.82) is 0 Å². The van der Waals surface area contributed by atoms with Crippen LogP contribution in [0.25, 0.3) is 0 Å². The highest BCUT2D eigenvalue weighted by Crippen LogP contribution is 2.36. The maximum absolute atomic E-state index is 12.9. The molecule has 0 saturated carbocycles. The Morgan fingerprint density at radius 1 is 1.14 bits per heavy atom. The van der Waals surface area contributed by atoms with Crippen LogP contribution in [-0.4, -0.2) is 12.2 Å². The van der Waals surface area contributed by atoms with Crippen LogP contribution in [0.15, 0.2) is 42.5 Å². The number of benzene rings is 2. The lowest BCUT2D eigenvalue weighted by Gasteiger charge is -2.18. The van der Waals surface area contributed by atoms with Crippen molar-refractivity contribution in [1.82, 2.24) is 0 Å². The number of halogens is 1. The lowest BCUT2D eigenvalue weighted by molar-refractivity contribution is 0.158. The van der Waals surface area contributed by atoms with Gasteiger partial charge >= 0.3 is 0 Å². The first-order chi connectivity index (χ1) is 10.7. The van der Waals surface area contributed by atoms with Gasteiger partial charge in [-0.3, -0.25) is 0 Å². The first kappa shape index (κ1) is 16.3. The van der Waals surface area contributed by atoms with Crippen molar-refractivity contribution in [2.75, 3.05) is 7.11 Å². The molecular formula is C18H21FO3. The highest BCUT2D eigenvalue weighted by Gasteiger charge is 2.17. The molecule has 0 aromatic heterocycles. The zero-order valence-corrected chi connectivity index (χ0v) is 12.9. The van der Waals surface area contributed by atoms with Crippen LogP contribution in [0.4, 0.5) is 4.39 Å². The molecule has 2 aromatic rings. The number of para-hydroxylation sites is 1. The maximum atomic E-state index is 12.9. The molecular weight excluding hydrogens is 283 g/mol. The Hall–Kier alpha value is -2.07. The number of aliphatic hydroxyl groups excluding tert-OH is 1. The molecule has 3 nitrogen and oxygen atoms in total. The molecule has 0 bridgehead atoms. The molecule has 0 aliphatic carbocycles. The first-order valence-corrected chi connectivity index (χ1v) is 7.38. The third-order valence-corrected chi connectivity index (χ3v) is 3.45. The van der Waals surface area contributed by atoms with E-state index < -0.39 is 6.10 Å². The number of hydrogen-bond donors (Lipinski definition) is 1. The molecule has 0 fully saturated rings. The lowest BCUT2D eigenvalue weighted by atomic mass is 10.0. The molecule has 22 heavy (non-hydrogen) atoms. The van der Waals surface area contributed by atoms with Crippen molar-refractivity contribution in [2.45, 2.75) is 32.5 Å². The Labute approximate surface area is 130 Å². The van der Waals surface area contributed by atoms with Crippen molar-refractivity contribution in [3.63, 3.8) is 0 Å². The van der Waals surface area contributed by atoms with E-state index in [2.05, 4.69) is 0 Å². The highest BCUT2D eigenvalue weighted by atomic mass is 19.1. The smallest absolute Gasteiger partial charge is 0.167 e. The zero-order valence-electron chi connectivity index (χ0n) is 12.9. The number of aliphatic hydroxyl groups is 1. The summed E-state index contributed by atoms with van der Waals surface area (Å²) in [6.45, 7) is 2.30. The van der Waals surface area contributed by atoms with Crippen LogP contribution in [0.5, 0.6) is 11.5 Å². The monoisotopic (exact) mass is 304 g/mol. The summed E-state index contributed by atoms with van der Waals surface area (Å²) in [5.41, 5.74) is 1.56. The quantitative estimate of drug-likeness (QED) is 0.831. The molecule has 0 aliphatic rings. The molecule has 0 spiro atoms. The Bertz CT molecular complexity index is 596. The van der Waals surface area contributed by atoms with Crippen LogP contribution >= 0.6 is 0 Å². The predicted molar refractivity (Wildman–Crippen MR) is 83.6 cm³/mol. The summed E-state index contributed by atoms with van der Waals surface area (Å²) in [5, 5.41) is 10.3. The van der Waals surface area contributed by atoms with Crippen molar-refractivity contribution in [3.05, 3.63) is 59.4 Å². The molecule has 2 rings (SSSR count). The van der Waals surface area contributed by atoms with E-state index in [1.165, 1.54) is 12.1 Å². The van der Waals surface area contributed by atoms with Gasteiger partial charge in [0, 0.05) is 5.56 Å². The summed E-state index contributed by atoms with van der Waals surface area (Å²) in [7, 11) is 1.57. The van der Waals surface area contributed by atoms with Crippen LogP contribution in [0.2, 0.25) is 0 Å². The Kier molecular flexibility index (Phi) is 5.78. The highest BCUT2D eigenvalue weighted by molar-refractivity contribution is 5.47. The van der Waals surface area contributed by atoms with Gasteiger partial charge < -0.3 is 14.6 Å². The fourth-order valence-corrected chi connectivity index (χ4v) is 2.28. The van der Waals surface area contributed by atoms with Gasteiger partial charge in [0.2, 0.25) is 0 Å². The minimum Gasteiger partial charge on any atom is -0.493 e. The molecule has 0 radical (unpaired) electrons. The van der Waals surface area contributed by atoms with Crippen molar-refractivity contribution in [2.24, 2.45) is 0 Å². The summed E-state index contributed by atoms with van der Waals surface area (Å²) in [5.74, 6) is 0.838. The van der Waals surface area contributed by atoms with E-state index in [9.17, 15) is 9.50 Å². The Morgan fingerprint density at radius 2 is 1.86 bits per heavy atom. The minimum absolute atomic E-state index is 0.278. The lowest BCUT2D eigenvalue weighted by Crippen LogP contribution is -2.05. The molecule has 1 N–H and O–H groups in total. The van der Waals surface area contributed by atoms with E-state index in [1.807, 2.05) is 19.1 Å². The third-order valence-electron chi connectivity index (χ3n) is 3.45. The predicted octanol–water partition coefficient (Wildman–Crippen LogP) is 4.25. The van der Waals surface area contributed by atoms with Gasteiger partial charge in [0.05, 0.1) is 13.2 Å². The van der Waals surface area contributed by atoms with Gasteiger partial charge in [0.25, 0.3) is 0 Å². The van der Waals surface area contributed by atoms with Gasteiger partial charge in [-0.25, -0.2) is 4.39 Å². The molecule has 0 heterocycles. The van der Waals surface area contributed by atoms with E-state index >= 15 is 0 Å². The van der Waals surface area contributed by atoms with Gasteiger partial charge in [-0.05, 0) is 30.2 Å². The normalized spacial score (nSPS) is 12.0. The van der Waals surface area contributed by atoms with Gasteiger partial charge in [0.15, 0.2) is 11.5 Å². The van der Waals surface area contributed by atoms with Crippen molar-refractivity contribution < 1.29 is 19.0 Å². The maximum Gasteiger partial charge on any atom is 0.167 e. The molecule has 2 aromatic carbocycles. The van der Waals surface area contributed by atoms with Crippen LogP contribution < -0.4 is 9.47 Å². The van der Waals surface area contributed by atoms with Crippen LogP contribution in [-0.2, 0) is 6.61 Å². The van der Waals surface area contributed by atoms with Gasteiger partial charge in [-0.2, -0.15) is 0 Å². The zero-order chi connectivity index (χ0) is 15.9. The summed E-state index contributed by atoms with van der Waals surface area (Å²) in [4.78, 5) is 0. The standard InChI is InChI=1S/C18H21FO3/c1-3-5-16(20)15-6-4-7-17(21-2)18(15)22-12-13-8-10-14(19)11-9-13/h4,6-11,16,20H,3,5,12H2,1-2H3. The summed E-state index contributed by atoms with van der Waals surface area (Å²) >= 11 is 0. The molecule has 0 aliphatic heterocycles. The second kappa shape index (κ2) is 7.80.